The van der Waals surface area contributed by atoms with Crippen LogP contribution in [0, 0.1) is 0 Å². The molecule has 1 aromatic carbocycles. The maximum Gasteiger partial charge on any atom is 0.0244 e. The van der Waals surface area contributed by atoms with Crippen LogP contribution >= 0.6 is 22.9 Å². The number of hydrogen-bond acceptors (Lipinski definition) is 1. The minimum Gasteiger partial charge on any atom is -0.257 e. The van der Waals surface area contributed by atoms with Crippen molar-refractivity contribution >= 4 is 22.9 Å². The molecule has 1 aliphatic rings. The Bertz CT molecular complexity index is 234. The fourth-order valence-electron chi connectivity index (χ4n) is 1.64. The van der Waals surface area contributed by atoms with Crippen molar-refractivity contribution in [3.05, 3.63) is 35.4 Å². The largest absolute Gasteiger partial charge is 0.257 e. The molecule has 0 radical (unpaired) electrons. The van der Waals surface area contributed by atoms with Gasteiger partial charge in [0, 0.05) is 28.9 Å². The molecule has 0 aliphatic heterocycles. The number of fused-ring (bicyclic) bond motifs is 1. The van der Waals surface area contributed by atoms with Gasteiger partial charge in [-0.25, -0.2) is 0 Å². The third-order valence-electron chi connectivity index (χ3n) is 2.21. The predicted octanol–water partition coefficient (Wildman–Crippen LogP) is 2.09. The van der Waals surface area contributed by atoms with Gasteiger partial charge in [0.2, 0.25) is 0 Å². The predicted molar refractivity (Wildman–Crippen MR) is 54.8 cm³/mol. The first-order chi connectivity index (χ1) is 5.40. The minimum atomic E-state index is 0.660. The highest BCUT2D eigenvalue weighted by Crippen LogP contribution is 2.21. The Hall–Kier alpha value is -0.0900. The molecule has 0 amide bonds. The maximum atomic E-state index is 3.28. The van der Waals surface area contributed by atoms with Crippen LogP contribution in [-0.2, 0) is 12.8 Å². The van der Waals surface area contributed by atoms with Crippen molar-refractivity contribution in [1.82, 2.24) is 3.53 Å². The van der Waals surface area contributed by atoms with E-state index in [-0.39, 0.29) is 0 Å². The van der Waals surface area contributed by atoms with Gasteiger partial charge < -0.3 is 0 Å². The fraction of sp³-hybridized carbons (Fsp3) is 0.333. The van der Waals surface area contributed by atoms with E-state index >= 15 is 0 Å². The molecule has 1 aromatic rings. The number of benzene rings is 1. The molecule has 2 heteroatoms. The van der Waals surface area contributed by atoms with E-state index in [1.54, 1.807) is 0 Å². The normalized spacial score (nSPS) is 16.8. The summed E-state index contributed by atoms with van der Waals surface area (Å²) in [5.41, 5.74) is 3.03. The molecular formula is C9H10IN. The third kappa shape index (κ3) is 1.42. The molecule has 0 saturated carbocycles. The van der Waals surface area contributed by atoms with Gasteiger partial charge in [-0.2, -0.15) is 0 Å². The zero-order chi connectivity index (χ0) is 7.68. The second-order valence-corrected chi connectivity index (χ2v) is 3.61. The second kappa shape index (κ2) is 3.11. The van der Waals surface area contributed by atoms with Crippen LogP contribution in [0.25, 0.3) is 0 Å². The molecule has 0 aromatic heterocycles. The molecule has 0 heterocycles. The van der Waals surface area contributed by atoms with E-state index in [4.69, 9.17) is 0 Å². The summed E-state index contributed by atoms with van der Waals surface area (Å²) in [6, 6.07) is 9.35. The van der Waals surface area contributed by atoms with E-state index < -0.39 is 0 Å². The lowest BCUT2D eigenvalue weighted by atomic mass is 10.1. The summed E-state index contributed by atoms with van der Waals surface area (Å²) in [6.45, 7) is 0. The highest BCUT2D eigenvalue weighted by atomic mass is 127. The molecule has 0 spiro atoms. The molecule has 58 valence electrons. The minimum absolute atomic E-state index is 0.660. The van der Waals surface area contributed by atoms with Gasteiger partial charge in [-0.1, -0.05) is 24.3 Å². The van der Waals surface area contributed by atoms with Gasteiger partial charge >= 0.3 is 0 Å². The van der Waals surface area contributed by atoms with E-state index in [9.17, 15) is 0 Å². The van der Waals surface area contributed by atoms with E-state index in [2.05, 4.69) is 50.7 Å². The molecule has 2 rings (SSSR count). The van der Waals surface area contributed by atoms with Gasteiger partial charge in [0.15, 0.2) is 0 Å². The number of halogens is 1. The smallest absolute Gasteiger partial charge is 0.0244 e. The summed E-state index contributed by atoms with van der Waals surface area (Å²) in [4.78, 5) is 0. The zero-order valence-electron chi connectivity index (χ0n) is 6.18. The Morgan fingerprint density at radius 2 is 1.73 bits per heavy atom. The summed E-state index contributed by atoms with van der Waals surface area (Å²) in [5, 5.41) is 0. The van der Waals surface area contributed by atoms with Crippen LogP contribution in [0.15, 0.2) is 24.3 Å². The van der Waals surface area contributed by atoms with Crippen molar-refractivity contribution in [2.45, 2.75) is 18.9 Å². The van der Waals surface area contributed by atoms with Crippen LogP contribution < -0.4 is 3.53 Å². The summed E-state index contributed by atoms with van der Waals surface area (Å²) in [6.07, 6.45) is 2.39. The Morgan fingerprint density at radius 3 is 2.18 bits per heavy atom. The van der Waals surface area contributed by atoms with E-state index in [0.717, 1.165) is 0 Å². The van der Waals surface area contributed by atoms with Crippen molar-refractivity contribution in [3.8, 4) is 0 Å². The first-order valence-corrected chi connectivity index (χ1v) is 4.91. The Labute approximate surface area is 80.7 Å². The Morgan fingerprint density at radius 1 is 1.18 bits per heavy atom. The maximum absolute atomic E-state index is 3.28. The molecule has 0 fully saturated rings. The first-order valence-electron chi connectivity index (χ1n) is 3.83. The van der Waals surface area contributed by atoms with E-state index in [1.807, 2.05) is 0 Å². The van der Waals surface area contributed by atoms with E-state index in [0.29, 0.717) is 6.04 Å². The lowest BCUT2D eigenvalue weighted by molar-refractivity contribution is 0.690. The second-order valence-electron chi connectivity index (χ2n) is 2.98. The van der Waals surface area contributed by atoms with Gasteiger partial charge in [-0.05, 0) is 24.0 Å². The molecule has 0 saturated heterocycles. The first kappa shape index (κ1) is 7.55. The van der Waals surface area contributed by atoms with Crippen molar-refractivity contribution in [2.75, 3.05) is 0 Å². The van der Waals surface area contributed by atoms with Crippen molar-refractivity contribution < 1.29 is 0 Å². The zero-order valence-corrected chi connectivity index (χ0v) is 8.34. The molecule has 0 bridgehead atoms. The van der Waals surface area contributed by atoms with Gasteiger partial charge in [-0.15, -0.1) is 0 Å². The average Bonchev–Trinajstić information content (AvgIpc) is 2.46. The molecule has 1 nitrogen and oxygen atoms in total. The molecule has 11 heavy (non-hydrogen) atoms. The molecule has 0 unspecified atom stereocenters. The Kier molecular flexibility index (Phi) is 2.13. The summed E-state index contributed by atoms with van der Waals surface area (Å²) in [7, 11) is 0. The molecule has 0 atom stereocenters. The summed E-state index contributed by atoms with van der Waals surface area (Å²) in [5.74, 6) is 0. The van der Waals surface area contributed by atoms with E-state index in [1.165, 1.54) is 24.0 Å². The van der Waals surface area contributed by atoms with Crippen LogP contribution in [0.3, 0.4) is 0 Å². The van der Waals surface area contributed by atoms with Crippen LogP contribution in [0.1, 0.15) is 11.1 Å². The number of hydrogen-bond donors (Lipinski definition) is 1. The van der Waals surface area contributed by atoms with Crippen LogP contribution in [-0.4, -0.2) is 6.04 Å². The molecule has 1 aliphatic carbocycles. The molecule has 1 N–H and O–H groups in total. The standard InChI is InChI=1S/C9H10IN/c10-11-9-5-7-3-1-2-4-8(7)6-9/h1-4,9,11H,5-6H2. The fourth-order valence-corrected chi connectivity index (χ4v) is 2.08. The summed E-state index contributed by atoms with van der Waals surface area (Å²) >= 11 is 2.24. The SMILES string of the molecule is INC1Cc2ccccc2C1. The van der Waals surface area contributed by atoms with Crippen molar-refractivity contribution in [1.29, 1.82) is 0 Å². The highest BCUT2D eigenvalue weighted by molar-refractivity contribution is 14.1. The number of rotatable bonds is 1. The summed E-state index contributed by atoms with van der Waals surface area (Å²) < 4.78 is 3.28. The average molecular weight is 259 g/mol. The highest BCUT2D eigenvalue weighted by Gasteiger charge is 2.18. The topological polar surface area (TPSA) is 12.0 Å². The monoisotopic (exact) mass is 259 g/mol. The lowest BCUT2D eigenvalue weighted by Gasteiger charge is -2.02. The van der Waals surface area contributed by atoms with Gasteiger partial charge in [0.1, 0.15) is 0 Å². The van der Waals surface area contributed by atoms with Crippen LogP contribution in [0.2, 0.25) is 0 Å². The third-order valence-corrected chi connectivity index (χ3v) is 3.09. The van der Waals surface area contributed by atoms with Gasteiger partial charge in [-0.3, -0.25) is 3.53 Å². The lowest BCUT2D eigenvalue weighted by Crippen LogP contribution is -2.19. The van der Waals surface area contributed by atoms with Crippen molar-refractivity contribution in [3.63, 3.8) is 0 Å². The van der Waals surface area contributed by atoms with Gasteiger partial charge in [0.05, 0.1) is 0 Å². The molecular weight excluding hydrogens is 249 g/mol. The quantitative estimate of drug-likeness (QED) is 0.601. The number of nitrogens with one attached hydrogen (secondary N) is 1. The Balaban J connectivity index is 2.27. The van der Waals surface area contributed by atoms with Crippen molar-refractivity contribution in [2.24, 2.45) is 0 Å². The van der Waals surface area contributed by atoms with Crippen LogP contribution in [0.4, 0.5) is 0 Å². The van der Waals surface area contributed by atoms with Crippen LogP contribution in [0.5, 0.6) is 0 Å². The van der Waals surface area contributed by atoms with Gasteiger partial charge in [0.25, 0.3) is 0 Å².